The molecule has 4 aliphatic carbocycles. The van der Waals surface area contributed by atoms with Crippen molar-refractivity contribution < 1.29 is 29.6 Å². The Morgan fingerprint density at radius 1 is 1.12 bits per heavy atom. The molecule has 0 aromatic carbocycles. The van der Waals surface area contributed by atoms with Gasteiger partial charge in [0.1, 0.15) is 6.10 Å². The van der Waals surface area contributed by atoms with Crippen LogP contribution in [0.3, 0.4) is 0 Å². The lowest BCUT2D eigenvalue weighted by Crippen LogP contribution is -2.65. The summed E-state index contributed by atoms with van der Waals surface area (Å²) in [5, 5.41) is 34.2. The average molecular weight is 555 g/mol. The highest BCUT2D eigenvalue weighted by Gasteiger charge is 2.76. The fraction of sp³-hybridized carbons (Fsp3) is 0.706. The third-order valence-electron chi connectivity index (χ3n) is 10.6. The Bertz CT molecular complexity index is 1080. The Morgan fingerprint density at radius 3 is 2.48 bits per heavy atom. The van der Waals surface area contributed by atoms with Crippen LogP contribution in [0.25, 0.3) is 0 Å². The van der Waals surface area contributed by atoms with E-state index in [1.165, 1.54) is 44.6 Å². The Labute approximate surface area is 240 Å². The van der Waals surface area contributed by atoms with Gasteiger partial charge in [-0.3, -0.25) is 4.79 Å². The molecule has 2 bridgehead atoms. The van der Waals surface area contributed by atoms with Gasteiger partial charge < -0.3 is 20.1 Å². The second-order valence-electron chi connectivity index (χ2n) is 13.4. The number of allylic oxidation sites excluding steroid dienone is 4. The monoisotopic (exact) mass is 554 g/mol. The predicted octanol–water partition coefficient (Wildman–Crippen LogP) is 5.62. The van der Waals surface area contributed by atoms with Crippen molar-refractivity contribution in [3.05, 3.63) is 47.6 Å². The molecule has 0 amide bonds. The largest absolute Gasteiger partial charge is 0.451 e. The van der Waals surface area contributed by atoms with Crippen molar-refractivity contribution in [3.8, 4) is 0 Å². The van der Waals surface area contributed by atoms with E-state index < -0.39 is 41.7 Å². The van der Waals surface area contributed by atoms with Gasteiger partial charge in [-0.2, -0.15) is 0 Å². The lowest BCUT2D eigenvalue weighted by Gasteiger charge is -2.48. The summed E-state index contributed by atoms with van der Waals surface area (Å²) in [7, 11) is 0. The van der Waals surface area contributed by atoms with Gasteiger partial charge in [0.25, 0.3) is 0 Å². The number of fused-ring (bicyclic) bond motifs is 3. The summed E-state index contributed by atoms with van der Waals surface area (Å²) in [6.45, 7) is 9.76. The Hall–Kier alpha value is -2.02. The topological polar surface area (TPSA) is 104 Å². The molecule has 0 aromatic rings. The number of unbranched alkanes of at least 4 members (excludes halogenated alkanes) is 7. The molecule has 0 saturated heterocycles. The van der Waals surface area contributed by atoms with Gasteiger partial charge in [-0.05, 0) is 60.5 Å². The van der Waals surface area contributed by atoms with Crippen LogP contribution in [0.1, 0.15) is 92.4 Å². The molecule has 40 heavy (non-hydrogen) atoms. The molecular weight excluding hydrogens is 504 g/mol. The summed E-state index contributed by atoms with van der Waals surface area (Å²) in [5.74, 6) is -1.21. The number of esters is 1. The van der Waals surface area contributed by atoms with Gasteiger partial charge in [-0.1, -0.05) is 96.6 Å². The van der Waals surface area contributed by atoms with Crippen LogP contribution in [-0.4, -0.2) is 51.5 Å². The quantitative estimate of drug-likeness (QED) is 0.0951. The molecule has 0 heterocycles. The molecule has 6 nitrogen and oxygen atoms in total. The fourth-order valence-corrected chi connectivity index (χ4v) is 8.28. The number of hydrogen-bond acceptors (Lipinski definition) is 6. The van der Waals surface area contributed by atoms with Crippen molar-refractivity contribution >= 4 is 11.8 Å². The van der Waals surface area contributed by atoms with Crippen LogP contribution in [-0.2, 0) is 14.3 Å². The number of ketones is 1. The van der Waals surface area contributed by atoms with Crippen LogP contribution in [0.4, 0.5) is 0 Å². The van der Waals surface area contributed by atoms with E-state index in [9.17, 15) is 24.9 Å². The molecule has 2 saturated carbocycles. The minimum absolute atomic E-state index is 0.0309. The zero-order valence-corrected chi connectivity index (χ0v) is 25.1. The van der Waals surface area contributed by atoms with Crippen LogP contribution in [0, 0.1) is 34.5 Å². The van der Waals surface area contributed by atoms with Gasteiger partial charge in [0.2, 0.25) is 0 Å². The Balaban J connectivity index is 1.47. The molecule has 8 atom stereocenters. The summed E-state index contributed by atoms with van der Waals surface area (Å²) in [4.78, 5) is 27.3. The molecule has 4 rings (SSSR count). The number of carbonyl (C=O) groups is 2. The van der Waals surface area contributed by atoms with E-state index in [0.717, 1.165) is 19.3 Å². The predicted molar refractivity (Wildman–Crippen MR) is 156 cm³/mol. The number of rotatable bonds is 12. The molecule has 3 N–H and O–H groups in total. The van der Waals surface area contributed by atoms with E-state index >= 15 is 0 Å². The molecule has 222 valence electrons. The van der Waals surface area contributed by atoms with Crippen molar-refractivity contribution in [1.82, 2.24) is 0 Å². The maximum atomic E-state index is 14.4. The van der Waals surface area contributed by atoms with E-state index in [4.69, 9.17) is 4.74 Å². The van der Waals surface area contributed by atoms with E-state index in [1.54, 1.807) is 25.2 Å². The molecule has 0 radical (unpaired) electrons. The van der Waals surface area contributed by atoms with Crippen LogP contribution >= 0.6 is 0 Å². The molecule has 4 aliphatic rings. The van der Waals surface area contributed by atoms with Crippen LogP contribution < -0.4 is 0 Å². The van der Waals surface area contributed by atoms with Gasteiger partial charge in [0.05, 0.1) is 12.0 Å². The van der Waals surface area contributed by atoms with E-state index in [1.807, 2.05) is 19.1 Å². The maximum absolute atomic E-state index is 14.4. The zero-order chi connectivity index (χ0) is 29.3. The summed E-state index contributed by atoms with van der Waals surface area (Å²) in [6, 6.07) is 0. The third-order valence-corrected chi connectivity index (χ3v) is 10.6. The van der Waals surface area contributed by atoms with Gasteiger partial charge in [0, 0.05) is 12.0 Å². The molecule has 0 aromatic heterocycles. The van der Waals surface area contributed by atoms with E-state index in [2.05, 4.69) is 20.8 Å². The Kier molecular flexibility index (Phi) is 9.33. The molecule has 0 unspecified atom stereocenters. The lowest BCUT2D eigenvalue weighted by atomic mass is 9.59. The number of aliphatic hydroxyl groups excluding tert-OH is 2. The van der Waals surface area contributed by atoms with Crippen LogP contribution in [0.15, 0.2) is 47.6 Å². The number of ether oxygens (including phenoxy) is 1. The highest BCUT2D eigenvalue weighted by atomic mass is 16.6. The first kappa shape index (κ1) is 30.9. The Morgan fingerprint density at radius 2 is 1.80 bits per heavy atom. The second kappa shape index (κ2) is 12.1. The van der Waals surface area contributed by atoms with Crippen molar-refractivity contribution in [2.75, 3.05) is 6.61 Å². The normalized spacial score (nSPS) is 38.0. The maximum Gasteiger partial charge on any atom is 0.331 e. The number of hydrogen-bond donors (Lipinski definition) is 3. The van der Waals surface area contributed by atoms with Crippen molar-refractivity contribution in [2.45, 2.75) is 110 Å². The minimum atomic E-state index is -2.10. The van der Waals surface area contributed by atoms with Crippen molar-refractivity contribution in [2.24, 2.45) is 34.5 Å². The van der Waals surface area contributed by atoms with Gasteiger partial charge >= 0.3 is 5.97 Å². The summed E-state index contributed by atoms with van der Waals surface area (Å²) in [6.07, 6.45) is 17.9. The first-order valence-corrected chi connectivity index (χ1v) is 15.5. The van der Waals surface area contributed by atoms with Gasteiger partial charge in [-0.15, -0.1) is 0 Å². The summed E-state index contributed by atoms with van der Waals surface area (Å²) < 4.78 is 5.81. The summed E-state index contributed by atoms with van der Waals surface area (Å²) >= 11 is 0. The van der Waals surface area contributed by atoms with E-state index in [-0.39, 0.29) is 28.6 Å². The number of Topliss-reactive ketones (excluding diaryl/α,β-unsaturated/α-hetero) is 1. The molecule has 2 fully saturated rings. The van der Waals surface area contributed by atoms with Crippen molar-refractivity contribution in [1.29, 1.82) is 0 Å². The average Bonchev–Trinajstić information content (AvgIpc) is 3.40. The zero-order valence-electron chi connectivity index (χ0n) is 25.1. The fourth-order valence-electron chi connectivity index (χ4n) is 8.28. The molecule has 1 spiro atoms. The number of aliphatic hydroxyl groups is 3. The first-order valence-electron chi connectivity index (χ1n) is 15.5. The lowest BCUT2D eigenvalue weighted by molar-refractivity contribution is -0.201. The van der Waals surface area contributed by atoms with Gasteiger partial charge in [-0.25, -0.2) is 4.79 Å². The van der Waals surface area contributed by atoms with Crippen LogP contribution in [0.5, 0.6) is 0 Å². The SMILES string of the molecule is CCCCCCCCC/C=C\C=C\C(=O)O[C@H]1C(C)=C[C@]23C(=O)[C@@H](C=C(CO)[C@@H](O)[C@]12O)[C@H]1[C@@H](C[C@H]3C)C1(C)C. The molecule has 0 aliphatic heterocycles. The van der Waals surface area contributed by atoms with Crippen LogP contribution in [0.2, 0.25) is 0 Å². The second-order valence-corrected chi connectivity index (χ2v) is 13.4. The smallest absolute Gasteiger partial charge is 0.331 e. The third kappa shape index (κ3) is 5.09. The minimum Gasteiger partial charge on any atom is -0.451 e. The highest BCUT2D eigenvalue weighted by Crippen LogP contribution is 2.71. The first-order chi connectivity index (χ1) is 19.0. The van der Waals surface area contributed by atoms with Crippen molar-refractivity contribution in [3.63, 3.8) is 0 Å². The highest BCUT2D eigenvalue weighted by molar-refractivity contribution is 5.95. The van der Waals surface area contributed by atoms with Gasteiger partial charge in [0.15, 0.2) is 17.5 Å². The number of carbonyl (C=O) groups excluding carboxylic acids is 2. The molecule has 6 heteroatoms. The standard InChI is InChI=1S/C34H50O6/c1-6-7-8-9-10-11-12-13-14-15-16-17-27(36)40-31-22(2)20-33-23(3)18-26-28(32(26,4)5)25(30(33)38)19-24(21-35)29(37)34(31,33)39/h14-17,19-20,23,25-26,28-29,31,35,37,39H,6-13,18,21H2,1-5H3/b15-14-,17-16+/t23-,25+,26-,28+,29-,31+,33+,34+/m1/s1. The van der Waals surface area contributed by atoms with E-state index in [0.29, 0.717) is 11.5 Å². The molecular formula is C34H50O6. The summed E-state index contributed by atoms with van der Waals surface area (Å²) in [5.41, 5.74) is -2.79.